The predicted molar refractivity (Wildman–Crippen MR) is 98.2 cm³/mol. The molecule has 0 spiro atoms. The van der Waals surface area contributed by atoms with Gasteiger partial charge in [-0.1, -0.05) is 30.3 Å². The predicted octanol–water partition coefficient (Wildman–Crippen LogP) is 2.24. The average molecular weight is 376 g/mol. The second kappa shape index (κ2) is 8.95. The Morgan fingerprint density at radius 3 is 2.54 bits per heavy atom. The number of anilines is 1. The van der Waals surface area contributed by atoms with Crippen molar-refractivity contribution in [2.24, 2.45) is 0 Å². The van der Waals surface area contributed by atoms with Crippen LogP contribution in [0.4, 0.5) is 9.80 Å². The van der Waals surface area contributed by atoms with E-state index in [0.29, 0.717) is 22.8 Å². The third kappa shape index (κ3) is 4.57. The van der Waals surface area contributed by atoms with Crippen LogP contribution in [0.15, 0.2) is 30.3 Å². The smallest absolute Gasteiger partial charge is 0.344 e. The molecule has 3 N–H and O–H groups in total. The van der Waals surface area contributed by atoms with Gasteiger partial charge < -0.3 is 15.4 Å². The van der Waals surface area contributed by atoms with Crippen LogP contribution >= 0.6 is 11.5 Å². The monoisotopic (exact) mass is 376 g/mol. The van der Waals surface area contributed by atoms with Crippen LogP contribution in [-0.2, 0) is 9.53 Å². The van der Waals surface area contributed by atoms with Gasteiger partial charge in [-0.15, -0.1) is 0 Å². The molecule has 0 unspecified atom stereocenters. The van der Waals surface area contributed by atoms with E-state index < -0.39 is 24.0 Å². The van der Waals surface area contributed by atoms with Crippen molar-refractivity contribution in [1.29, 1.82) is 0 Å². The van der Waals surface area contributed by atoms with Crippen molar-refractivity contribution in [1.82, 2.24) is 15.0 Å². The summed E-state index contributed by atoms with van der Waals surface area (Å²) in [5.74, 6) is -1.43. The fraction of sp³-hybridized carbons (Fsp3) is 0.294. The Morgan fingerprint density at radius 2 is 1.92 bits per heavy atom. The molecule has 0 fully saturated rings. The minimum absolute atomic E-state index is 0.268. The van der Waals surface area contributed by atoms with E-state index in [1.165, 1.54) is 0 Å². The zero-order valence-electron chi connectivity index (χ0n) is 14.7. The van der Waals surface area contributed by atoms with Crippen LogP contribution in [0, 0.1) is 6.92 Å². The first-order valence-electron chi connectivity index (χ1n) is 7.96. The van der Waals surface area contributed by atoms with Gasteiger partial charge in [0, 0.05) is 19.2 Å². The number of esters is 1. The van der Waals surface area contributed by atoms with Crippen molar-refractivity contribution >= 4 is 34.4 Å². The van der Waals surface area contributed by atoms with E-state index in [9.17, 15) is 14.4 Å². The van der Waals surface area contributed by atoms with Gasteiger partial charge in [0.2, 0.25) is 6.10 Å². The molecule has 0 aliphatic carbocycles. The maximum Gasteiger partial charge on any atom is 0.344 e. The third-order valence-electron chi connectivity index (χ3n) is 3.43. The standard InChI is InChI=1S/C17H20N4O4S/c1-4-19-17(24)20-14(22)13(11-8-6-5-7-9-11)25-16(23)12-10(2)21-26-15(12)18-3/h5-9,13,18H,4H2,1-3H3,(H2,19,20,22,24)/t13-/m1/s1. The molecule has 2 rings (SSSR count). The molecule has 0 aliphatic heterocycles. The van der Waals surface area contributed by atoms with Crippen LogP contribution in [-0.4, -0.2) is 35.9 Å². The second-order valence-electron chi connectivity index (χ2n) is 5.27. The molecule has 1 aromatic carbocycles. The Kier molecular flexibility index (Phi) is 6.67. The molecule has 1 atom stereocenters. The van der Waals surface area contributed by atoms with Crippen LogP contribution in [0.1, 0.15) is 34.6 Å². The molecule has 2 aromatic rings. The van der Waals surface area contributed by atoms with Crippen LogP contribution in [0.25, 0.3) is 0 Å². The minimum Gasteiger partial charge on any atom is -0.444 e. The largest absolute Gasteiger partial charge is 0.444 e. The number of carbonyl (C=O) groups is 3. The van der Waals surface area contributed by atoms with Gasteiger partial charge in [-0.2, -0.15) is 4.37 Å². The molecule has 138 valence electrons. The highest BCUT2D eigenvalue weighted by atomic mass is 32.1. The van der Waals surface area contributed by atoms with E-state index in [4.69, 9.17) is 4.74 Å². The lowest BCUT2D eigenvalue weighted by molar-refractivity contribution is -0.129. The molecule has 1 heterocycles. The number of rotatable bonds is 6. The van der Waals surface area contributed by atoms with E-state index in [1.54, 1.807) is 51.2 Å². The number of aryl methyl sites for hydroxylation is 1. The quantitative estimate of drug-likeness (QED) is 0.667. The molecular weight excluding hydrogens is 356 g/mol. The van der Waals surface area contributed by atoms with E-state index in [1.807, 2.05) is 0 Å². The van der Waals surface area contributed by atoms with Crippen molar-refractivity contribution < 1.29 is 19.1 Å². The number of benzene rings is 1. The Morgan fingerprint density at radius 1 is 1.23 bits per heavy atom. The SMILES string of the molecule is CCNC(=O)NC(=O)[C@H](OC(=O)c1c(C)nsc1NC)c1ccccc1. The number of hydrogen-bond acceptors (Lipinski definition) is 7. The van der Waals surface area contributed by atoms with Gasteiger partial charge in [0.05, 0.1) is 5.69 Å². The third-order valence-corrected chi connectivity index (χ3v) is 4.39. The molecule has 3 amide bonds. The maximum atomic E-state index is 12.6. The van der Waals surface area contributed by atoms with Crippen molar-refractivity contribution in [3.05, 3.63) is 47.2 Å². The lowest BCUT2D eigenvalue weighted by Crippen LogP contribution is -2.42. The summed E-state index contributed by atoms with van der Waals surface area (Å²) in [5.41, 5.74) is 1.22. The molecule has 9 heteroatoms. The zero-order chi connectivity index (χ0) is 19.1. The van der Waals surface area contributed by atoms with Crippen molar-refractivity contribution in [3.8, 4) is 0 Å². The fourth-order valence-corrected chi connectivity index (χ4v) is 2.96. The van der Waals surface area contributed by atoms with Gasteiger partial charge in [0.25, 0.3) is 5.91 Å². The number of ether oxygens (including phenoxy) is 1. The highest BCUT2D eigenvalue weighted by Gasteiger charge is 2.29. The second-order valence-corrected chi connectivity index (χ2v) is 6.04. The van der Waals surface area contributed by atoms with Gasteiger partial charge in [0.1, 0.15) is 10.6 Å². The first-order chi connectivity index (χ1) is 12.5. The Hall–Kier alpha value is -2.94. The number of hydrogen-bond donors (Lipinski definition) is 3. The number of aromatic nitrogens is 1. The van der Waals surface area contributed by atoms with Crippen LogP contribution in [0.2, 0.25) is 0 Å². The van der Waals surface area contributed by atoms with E-state index in [0.717, 1.165) is 11.5 Å². The topological polar surface area (TPSA) is 109 Å². The first kappa shape index (κ1) is 19.4. The summed E-state index contributed by atoms with van der Waals surface area (Å²) in [4.78, 5) is 36.8. The van der Waals surface area contributed by atoms with Gasteiger partial charge in [-0.25, -0.2) is 9.59 Å². The molecule has 8 nitrogen and oxygen atoms in total. The lowest BCUT2D eigenvalue weighted by Gasteiger charge is -2.18. The summed E-state index contributed by atoms with van der Waals surface area (Å²) in [6.07, 6.45) is -1.27. The highest BCUT2D eigenvalue weighted by Crippen LogP contribution is 2.27. The number of nitrogens with one attached hydrogen (secondary N) is 3. The molecule has 1 aromatic heterocycles. The van der Waals surface area contributed by atoms with Crippen molar-refractivity contribution in [2.45, 2.75) is 20.0 Å². The number of imide groups is 1. The van der Waals surface area contributed by atoms with Crippen LogP contribution < -0.4 is 16.0 Å². The summed E-state index contributed by atoms with van der Waals surface area (Å²) in [6, 6.07) is 7.84. The molecule has 0 aliphatic rings. The van der Waals surface area contributed by atoms with Crippen LogP contribution in [0.5, 0.6) is 0 Å². The maximum absolute atomic E-state index is 12.6. The Labute approximate surface area is 155 Å². The minimum atomic E-state index is -1.27. The number of urea groups is 1. The number of nitrogens with zero attached hydrogens (tertiary/aromatic N) is 1. The first-order valence-corrected chi connectivity index (χ1v) is 8.73. The van der Waals surface area contributed by atoms with E-state index >= 15 is 0 Å². The zero-order valence-corrected chi connectivity index (χ0v) is 15.5. The van der Waals surface area contributed by atoms with Gasteiger partial charge >= 0.3 is 12.0 Å². The summed E-state index contributed by atoms with van der Waals surface area (Å²) < 4.78 is 9.56. The highest BCUT2D eigenvalue weighted by molar-refractivity contribution is 7.10. The van der Waals surface area contributed by atoms with Crippen LogP contribution in [0.3, 0.4) is 0 Å². The Balaban J connectivity index is 2.27. The lowest BCUT2D eigenvalue weighted by atomic mass is 10.1. The number of carbonyl (C=O) groups excluding carboxylic acids is 3. The van der Waals surface area contributed by atoms with Gasteiger partial charge in [-0.3, -0.25) is 10.1 Å². The fourth-order valence-electron chi connectivity index (χ4n) is 2.23. The molecule has 0 saturated carbocycles. The summed E-state index contributed by atoms with van der Waals surface area (Å²) in [7, 11) is 1.67. The normalized spacial score (nSPS) is 11.3. The average Bonchev–Trinajstić information content (AvgIpc) is 3.01. The number of amides is 3. The van der Waals surface area contributed by atoms with Gasteiger partial charge in [-0.05, 0) is 25.4 Å². The van der Waals surface area contributed by atoms with Crippen molar-refractivity contribution in [3.63, 3.8) is 0 Å². The van der Waals surface area contributed by atoms with Crippen molar-refractivity contribution in [2.75, 3.05) is 18.9 Å². The summed E-state index contributed by atoms with van der Waals surface area (Å²) in [6.45, 7) is 3.77. The van der Waals surface area contributed by atoms with E-state index in [-0.39, 0.29) is 5.56 Å². The molecule has 0 radical (unpaired) electrons. The van der Waals surface area contributed by atoms with Gasteiger partial charge in [0.15, 0.2) is 0 Å². The molecule has 26 heavy (non-hydrogen) atoms. The summed E-state index contributed by atoms with van der Waals surface area (Å²) >= 11 is 1.13. The molecule has 0 saturated heterocycles. The molecular formula is C17H20N4O4S. The Bertz CT molecular complexity index is 791. The van der Waals surface area contributed by atoms with E-state index in [2.05, 4.69) is 20.3 Å². The molecule has 0 bridgehead atoms. The summed E-state index contributed by atoms with van der Waals surface area (Å²) in [5, 5.41) is 8.06.